The Hall–Kier alpha value is -2.70. The van der Waals surface area contributed by atoms with Crippen LogP contribution in [0.2, 0.25) is 5.15 Å². The Morgan fingerprint density at radius 2 is 1.67 bits per heavy atom. The lowest BCUT2D eigenvalue weighted by Crippen LogP contribution is -2.07. The number of sulfone groups is 1. The number of carbonyl (C=O) groups is 1. The minimum Gasteiger partial charge on any atom is -0.457 e. The van der Waals surface area contributed by atoms with Crippen molar-refractivity contribution in [3.05, 3.63) is 94.8 Å². The second kappa shape index (κ2) is 8.33. The molecule has 0 radical (unpaired) electrons. The van der Waals surface area contributed by atoms with Gasteiger partial charge in [0.2, 0.25) is 0 Å². The zero-order chi connectivity index (χ0) is 19.3. The van der Waals surface area contributed by atoms with Gasteiger partial charge in [-0.05, 0) is 35.9 Å². The van der Waals surface area contributed by atoms with Gasteiger partial charge in [0.05, 0.1) is 16.2 Å². The van der Waals surface area contributed by atoms with Crippen LogP contribution < -0.4 is 0 Å². The third-order valence-corrected chi connectivity index (χ3v) is 5.89. The minimum absolute atomic E-state index is 0.00957. The average molecular weight is 402 g/mol. The highest BCUT2D eigenvalue weighted by atomic mass is 35.5. The summed E-state index contributed by atoms with van der Waals surface area (Å²) in [6.45, 7) is 0.00957. The number of esters is 1. The monoisotopic (exact) mass is 401 g/mol. The lowest BCUT2D eigenvalue weighted by Gasteiger charge is -2.07. The van der Waals surface area contributed by atoms with Gasteiger partial charge in [0.1, 0.15) is 11.8 Å². The molecule has 0 N–H and O–H groups in total. The van der Waals surface area contributed by atoms with E-state index >= 15 is 0 Å². The standard InChI is InChI=1S/C20H16ClNO4S/c21-19-17(5-4-12-22-19)13-26-20(23)16-10-8-15(9-11-16)14-27(24,25)18-6-2-1-3-7-18/h1-12H,13-14H2. The van der Waals surface area contributed by atoms with Crippen molar-refractivity contribution in [3.63, 3.8) is 0 Å². The molecule has 0 bridgehead atoms. The first-order chi connectivity index (χ1) is 13.0. The summed E-state index contributed by atoms with van der Waals surface area (Å²) >= 11 is 5.93. The van der Waals surface area contributed by atoms with Gasteiger partial charge in [-0.1, -0.05) is 48.0 Å². The zero-order valence-electron chi connectivity index (χ0n) is 14.2. The molecule has 1 aromatic heterocycles. The van der Waals surface area contributed by atoms with Gasteiger partial charge in [-0.2, -0.15) is 0 Å². The van der Waals surface area contributed by atoms with Crippen LogP contribution in [0.15, 0.2) is 77.8 Å². The molecule has 3 rings (SSSR count). The normalized spacial score (nSPS) is 11.1. The SMILES string of the molecule is O=C(OCc1cccnc1Cl)c1ccc(CS(=O)(=O)c2ccccc2)cc1. The highest BCUT2D eigenvalue weighted by molar-refractivity contribution is 7.90. The summed E-state index contributed by atoms with van der Waals surface area (Å²) in [6.07, 6.45) is 1.55. The molecule has 0 aliphatic rings. The summed E-state index contributed by atoms with van der Waals surface area (Å²) in [5.41, 5.74) is 1.53. The molecule has 0 amide bonds. The van der Waals surface area contributed by atoms with Crippen molar-refractivity contribution in [1.82, 2.24) is 4.98 Å². The molecule has 7 heteroatoms. The molecule has 1 heterocycles. The Bertz CT molecular complexity index is 1040. The quantitative estimate of drug-likeness (QED) is 0.460. The fourth-order valence-corrected chi connectivity index (χ4v) is 3.96. The van der Waals surface area contributed by atoms with E-state index in [2.05, 4.69) is 4.98 Å². The lowest BCUT2D eigenvalue weighted by molar-refractivity contribution is 0.0472. The minimum atomic E-state index is -3.44. The Balaban J connectivity index is 1.65. The van der Waals surface area contributed by atoms with E-state index in [0.717, 1.165) is 0 Å². The highest BCUT2D eigenvalue weighted by Crippen LogP contribution is 2.18. The molecule has 3 aromatic rings. The fourth-order valence-electron chi connectivity index (χ4n) is 2.42. The maximum absolute atomic E-state index is 12.4. The van der Waals surface area contributed by atoms with Crippen LogP contribution >= 0.6 is 11.6 Å². The largest absolute Gasteiger partial charge is 0.457 e. The summed E-state index contributed by atoms with van der Waals surface area (Å²) < 4.78 is 30.0. The maximum atomic E-state index is 12.4. The van der Waals surface area contributed by atoms with Crippen molar-refractivity contribution in [2.45, 2.75) is 17.3 Å². The number of hydrogen-bond acceptors (Lipinski definition) is 5. The van der Waals surface area contributed by atoms with E-state index < -0.39 is 15.8 Å². The topological polar surface area (TPSA) is 73.3 Å². The Labute approximate surface area is 162 Å². The van der Waals surface area contributed by atoms with E-state index in [-0.39, 0.29) is 22.4 Å². The number of hydrogen-bond donors (Lipinski definition) is 0. The number of carbonyl (C=O) groups excluding carboxylic acids is 1. The molecule has 0 aliphatic carbocycles. The zero-order valence-corrected chi connectivity index (χ0v) is 15.8. The van der Waals surface area contributed by atoms with E-state index in [0.29, 0.717) is 16.7 Å². The number of halogens is 1. The number of rotatable bonds is 6. The number of pyridine rings is 1. The molecule has 0 spiro atoms. The van der Waals surface area contributed by atoms with E-state index in [1.165, 1.54) is 0 Å². The van der Waals surface area contributed by atoms with Crippen LogP contribution in [0.5, 0.6) is 0 Å². The molecule has 27 heavy (non-hydrogen) atoms. The number of benzene rings is 2. The number of nitrogens with zero attached hydrogens (tertiary/aromatic N) is 1. The molecule has 2 aromatic carbocycles. The summed E-state index contributed by atoms with van der Waals surface area (Å²) in [5, 5.41) is 0.284. The van der Waals surface area contributed by atoms with Gasteiger partial charge in [-0.15, -0.1) is 0 Å². The van der Waals surface area contributed by atoms with E-state index in [9.17, 15) is 13.2 Å². The molecular formula is C20H16ClNO4S. The van der Waals surface area contributed by atoms with E-state index in [4.69, 9.17) is 16.3 Å². The number of aromatic nitrogens is 1. The molecular weight excluding hydrogens is 386 g/mol. The van der Waals surface area contributed by atoms with Crippen molar-refractivity contribution in [3.8, 4) is 0 Å². The van der Waals surface area contributed by atoms with Crippen molar-refractivity contribution in [2.24, 2.45) is 0 Å². The van der Waals surface area contributed by atoms with Crippen LogP contribution in [0, 0.1) is 0 Å². The van der Waals surface area contributed by atoms with Crippen molar-refractivity contribution >= 4 is 27.4 Å². The second-order valence-corrected chi connectivity index (χ2v) is 8.15. The van der Waals surface area contributed by atoms with Crippen LogP contribution in [0.1, 0.15) is 21.5 Å². The van der Waals surface area contributed by atoms with Gasteiger partial charge in [0.15, 0.2) is 9.84 Å². The summed E-state index contributed by atoms with van der Waals surface area (Å²) in [7, 11) is -3.44. The van der Waals surface area contributed by atoms with Crippen molar-refractivity contribution in [1.29, 1.82) is 0 Å². The first-order valence-corrected chi connectivity index (χ1v) is 10.1. The molecule has 0 aliphatic heterocycles. The summed E-state index contributed by atoms with van der Waals surface area (Å²) in [4.78, 5) is 16.3. The third kappa shape index (κ3) is 4.93. The fraction of sp³-hybridized carbons (Fsp3) is 0.100. The molecule has 0 atom stereocenters. The van der Waals surface area contributed by atoms with Gasteiger partial charge in [-0.25, -0.2) is 18.2 Å². The van der Waals surface area contributed by atoms with E-state index in [1.54, 1.807) is 72.9 Å². The Kier molecular flexibility index (Phi) is 5.88. The Morgan fingerprint density at radius 1 is 0.963 bits per heavy atom. The van der Waals surface area contributed by atoms with Crippen LogP contribution in [-0.4, -0.2) is 19.4 Å². The maximum Gasteiger partial charge on any atom is 0.338 e. The first-order valence-electron chi connectivity index (χ1n) is 8.09. The first kappa shape index (κ1) is 19.1. The smallest absolute Gasteiger partial charge is 0.338 e. The third-order valence-electron chi connectivity index (χ3n) is 3.84. The van der Waals surface area contributed by atoms with Gasteiger partial charge >= 0.3 is 5.97 Å². The highest BCUT2D eigenvalue weighted by Gasteiger charge is 2.15. The van der Waals surface area contributed by atoms with Gasteiger partial charge < -0.3 is 4.74 Å². The predicted molar refractivity (Wildman–Crippen MR) is 102 cm³/mol. The molecule has 0 fully saturated rings. The second-order valence-electron chi connectivity index (χ2n) is 5.80. The van der Waals surface area contributed by atoms with Crippen LogP contribution in [0.25, 0.3) is 0 Å². The van der Waals surface area contributed by atoms with Crippen LogP contribution in [0.4, 0.5) is 0 Å². The van der Waals surface area contributed by atoms with Gasteiger partial charge in [0.25, 0.3) is 0 Å². The van der Waals surface area contributed by atoms with Crippen molar-refractivity contribution in [2.75, 3.05) is 0 Å². The number of ether oxygens (including phenoxy) is 1. The average Bonchev–Trinajstić information content (AvgIpc) is 2.68. The molecule has 5 nitrogen and oxygen atoms in total. The van der Waals surface area contributed by atoms with Crippen molar-refractivity contribution < 1.29 is 17.9 Å². The van der Waals surface area contributed by atoms with Gasteiger partial charge in [-0.3, -0.25) is 0 Å². The van der Waals surface area contributed by atoms with Gasteiger partial charge in [0, 0.05) is 11.8 Å². The molecule has 138 valence electrons. The molecule has 0 unspecified atom stereocenters. The van der Waals surface area contributed by atoms with Crippen LogP contribution in [0.3, 0.4) is 0 Å². The molecule has 0 saturated heterocycles. The van der Waals surface area contributed by atoms with Crippen LogP contribution in [-0.2, 0) is 26.9 Å². The summed E-state index contributed by atoms with van der Waals surface area (Å²) in [6, 6.07) is 18.0. The summed E-state index contributed by atoms with van der Waals surface area (Å²) in [5.74, 6) is -0.662. The predicted octanol–water partition coefficient (Wildman–Crippen LogP) is 4.07. The molecule has 0 saturated carbocycles. The lowest BCUT2D eigenvalue weighted by atomic mass is 10.1. The Morgan fingerprint density at radius 3 is 2.33 bits per heavy atom. The van der Waals surface area contributed by atoms with E-state index in [1.807, 2.05) is 0 Å².